The summed E-state index contributed by atoms with van der Waals surface area (Å²) in [4.78, 5) is 41.7. The SMILES string of the molecule is O=C(CCc1c[nH]c2ccccc12)NCCNC(=O)[C@H]1CC(=O)N(c2ccc(Cl)cc2)C1. The van der Waals surface area contributed by atoms with Gasteiger partial charge < -0.3 is 20.5 Å². The molecular formula is C24H25ClN4O3. The summed E-state index contributed by atoms with van der Waals surface area (Å²) in [5.74, 6) is -0.730. The average Bonchev–Trinajstić information content (AvgIpc) is 3.39. The highest BCUT2D eigenvalue weighted by Crippen LogP contribution is 2.26. The van der Waals surface area contributed by atoms with Crippen molar-refractivity contribution in [3.8, 4) is 0 Å². The number of hydrogen-bond donors (Lipinski definition) is 3. The van der Waals surface area contributed by atoms with E-state index in [4.69, 9.17) is 11.6 Å². The van der Waals surface area contributed by atoms with Crippen molar-refractivity contribution in [1.82, 2.24) is 15.6 Å². The van der Waals surface area contributed by atoms with Crippen molar-refractivity contribution in [1.29, 1.82) is 0 Å². The Balaban J connectivity index is 1.17. The number of H-pyrrole nitrogens is 1. The van der Waals surface area contributed by atoms with Gasteiger partial charge in [0, 0.05) is 60.3 Å². The summed E-state index contributed by atoms with van der Waals surface area (Å²) < 4.78 is 0. The van der Waals surface area contributed by atoms with Gasteiger partial charge in [-0.3, -0.25) is 14.4 Å². The van der Waals surface area contributed by atoms with Crippen LogP contribution in [0.2, 0.25) is 5.02 Å². The summed E-state index contributed by atoms with van der Waals surface area (Å²) in [5, 5.41) is 7.38. The number of aromatic nitrogens is 1. The minimum atomic E-state index is -0.407. The maximum Gasteiger partial charge on any atom is 0.227 e. The van der Waals surface area contributed by atoms with E-state index in [1.165, 1.54) is 0 Å². The summed E-state index contributed by atoms with van der Waals surface area (Å²) in [6.45, 7) is 1.01. The number of aromatic amines is 1. The average molecular weight is 453 g/mol. The lowest BCUT2D eigenvalue weighted by Crippen LogP contribution is -2.38. The van der Waals surface area contributed by atoms with Crippen LogP contribution in [-0.4, -0.2) is 42.3 Å². The summed E-state index contributed by atoms with van der Waals surface area (Å²) in [6.07, 6.45) is 3.13. The van der Waals surface area contributed by atoms with Gasteiger partial charge in [-0.25, -0.2) is 0 Å². The summed E-state index contributed by atoms with van der Waals surface area (Å²) in [5.41, 5.74) is 2.91. The fourth-order valence-electron chi connectivity index (χ4n) is 3.96. The second-order valence-electron chi connectivity index (χ2n) is 7.88. The number of para-hydroxylation sites is 1. The number of rotatable bonds is 8. The molecule has 2 aromatic carbocycles. The second-order valence-corrected chi connectivity index (χ2v) is 8.32. The largest absolute Gasteiger partial charge is 0.361 e. The number of nitrogens with one attached hydrogen (secondary N) is 3. The van der Waals surface area contributed by atoms with Gasteiger partial charge in [0.25, 0.3) is 0 Å². The Kier molecular flexibility index (Phi) is 6.75. The van der Waals surface area contributed by atoms with Gasteiger partial charge in [0.2, 0.25) is 17.7 Å². The number of benzene rings is 2. The van der Waals surface area contributed by atoms with E-state index in [1.54, 1.807) is 29.2 Å². The molecule has 0 radical (unpaired) electrons. The van der Waals surface area contributed by atoms with Crippen LogP contribution >= 0.6 is 11.6 Å². The number of hydrogen-bond acceptors (Lipinski definition) is 3. The molecule has 8 heteroatoms. The molecule has 1 saturated heterocycles. The Labute approximate surface area is 191 Å². The van der Waals surface area contributed by atoms with Crippen LogP contribution in [0.1, 0.15) is 18.4 Å². The van der Waals surface area contributed by atoms with Gasteiger partial charge >= 0.3 is 0 Å². The quantitative estimate of drug-likeness (QED) is 0.458. The third kappa shape index (κ3) is 5.11. The highest BCUT2D eigenvalue weighted by atomic mass is 35.5. The predicted octanol–water partition coefficient (Wildman–Crippen LogP) is 3.04. The molecule has 3 aromatic rings. The maximum absolute atomic E-state index is 12.4. The number of aryl methyl sites for hydroxylation is 1. The highest BCUT2D eigenvalue weighted by molar-refractivity contribution is 6.30. The van der Waals surface area contributed by atoms with Gasteiger partial charge in [-0.15, -0.1) is 0 Å². The van der Waals surface area contributed by atoms with E-state index in [0.717, 1.165) is 22.2 Å². The standard InChI is InChI=1S/C24H25ClN4O3/c25-18-6-8-19(9-7-18)29-15-17(13-23(29)31)24(32)27-12-11-26-22(30)10-5-16-14-28-21-4-2-1-3-20(16)21/h1-4,6-9,14,17,28H,5,10-13,15H2,(H,26,30)(H,27,32)/t17-/m0/s1. The zero-order chi connectivity index (χ0) is 22.5. The van der Waals surface area contributed by atoms with E-state index in [-0.39, 0.29) is 24.1 Å². The van der Waals surface area contributed by atoms with E-state index < -0.39 is 5.92 Å². The first kappa shape index (κ1) is 21.9. The van der Waals surface area contributed by atoms with Crippen molar-refractivity contribution in [3.63, 3.8) is 0 Å². The van der Waals surface area contributed by atoms with Gasteiger partial charge in [0.05, 0.1) is 5.92 Å². The Hall–Kier alpha value is -3.32. The Bertz CT molecular complexity index is 1130. The third-order valence-electron chi connectivity index (χ3n) is 5.68. The lowest BCUT2D eigenvalue weighted by Gasteiger charge is -2.16. The van der Waals surface area contributed by atoms with Gasteiger partial charge in [0.15, 0.2) is 0 Å². The Morgan fingerprint density at radius 1 is 1.06 bits per heavy atom. The fourth-order valence-corrected chi connectivity index (χ4v) is 4.09. The Morgan fingerprint density at radius 2 is 1.81 bits per heavy atom. The van der Waals surface area contributed by atoms with Crippen molar-refractivity contribution in [3.05, 3.63) is 65.3 Å². The molecule has 7 nitrogen and oxygen atoms in total. The fraction of sp³-hybridized carbons (Fsp3) is 0.292. The molecule has 0 saturated carbocycles. The van der Waals surface area contributed by atoms with Crippen LogP contribution in [0.25, 0.3) is 10.9 Å². The predicted molar refractivity (Wildman–Crippen MR) is 125 cm³/mol. The first-order valence-corrected chi connectivity index (χ1v) is 11.0. The van der Waals surface area contributed by atoms with Crippen LogP contribution < -0.4 is 15.5 Å². The lowest BCUT2D eigenvalue weighted by molar-refractivity contribution is -0.126. The topological polar surface area (TPSA) is 94.3 Å². The van der Waals surface area contributed by atoms with Crippen molar-refractivity contribution >= 4 is 45.9 Å². The summed E-state index contributed by atoms with van der Waals surface area (Å²) in [7, 11) is 0. The molecule has 0 aliphatic carbocycles. The molecule has 3 amide bonds. The van der Waals surface area contributed by atoms with Gasteiger partial charge in [-0.1, -0.05) is 29.8 Å². The first-order chi connectivity index (χ1) is 15.5. The highest BCUT2D eigenvalue weighted by Gasteiger charge is 2.34. The molecule has 1 atom stereocenters. The molecule has 166 valence electrons. The Morgan fingerprint density at radius 3 is 2.62 bits per heavy atom. The van der Waals surface area contributed by atoms with Crippen LogP contribution in [0, 0.1) is 5.92 Å². The molecule has 1 aromatic heterocycles. The third-order valence-corrected chi connectivity index (χ3v) is 5.93. The van der Waals surface area contributed by atoms with Crippen molar-refractivity contribution < 1.29 is 14.4 Å². The van der Waals surface area contributed by atoms with E-state index in [9.17, 15) is 14.4 Å². The second kappa shape index (κ2) is 9.87. The zero-order valence-electron chi connectivity index (χ0n) is 17.6. The molecule has 2 heterocycles. The number of carbonyl (C=O) groups is 3. The number of fused-ring (bicyclic) bond motifs is 1. The number of nitrogens with zero attached hydrogens (tertiary/aromatic N) is 1. The summed E-state index contributed by atoms with van der Waals surface area (Å²) in [6, 6.07) is 15.0. The number of amides is 3. The molecule has 0 spiro atoms. The van der Waals surface area contributed by atoms with Crippen molar-refractivity contribution in [2.24, 2.45) is 5.92 Å². The molecule has 1 aliphatic rings. The molecule has 3 N–H and O–H groups in total. The van der Waals surface area contributed by atoms with Crippen LogP contribution in [-0.2, 0) is 20.8 Å². The van der Waals surface area contributed by atoms with Crippen LogP contribution in [0.3, 0.4) is 0 Å². The summed E-state index contributed by atoms with van der Waals surface area (Å²) >= 11 is 5.90. The minimum absolute atomic E-state index is 0.0607. The first-order valence-electron chi connectivity index (χ1n) is 10.7. The van der Waals surface area contributed by atoms with E-state index >= 15 is 0 Å². The van der Waals surface area contributed by atoms with Crippen molar-refractivity contribution in [2.45, 2.75) is 19.3 Å². The molecule has 32 heavy (non-hydrogen) atoms. The number of anilines is 1. The normalized spacial score (nSPS) is 15.8. The van der Waals surface area contributed by atoms with E-state index in [0.29, 0.717) is 37.5 Å². The minimum Gasteiger partial charge on any atom is -0.361 e. The molecular weight excluding hydrogens is 428 g/mol. The van der Waals surface area contributed by atoms with Crippen LogP contribution in [0.15, 0.2) is 54.7 Å². The zero-order valence-corrected chi connectivity index (χ0v) is 18.3. The van der Waals surface area contributed by atoms with E-state index in [2.05, 4.69) is 15.6 Å². The van der Waals surface area contributed by atoms with Gasteiger partial charge in [-0.05, 0) is 42.3 Å². The molecule has 0 bridgehead atoms. The van der Waals surface area contributed by atoms with Crippen molar-refractivity contribution in [2.75, 3.05) is 24.5 Å². The van der Waals surface area contributed by atoms with Crippen LogP contribution in [0.4, 0.5) is 5.69 Å². The van der Waals surface area contributed by atoms with E-state index in [1.807, 2.05) is 30.5 Å². The molecule has 1 aliphatic heterocycles. The molecule has 0 unspecified atom stereocenters. The number of halogens is 1. The van der Waals surface area contributed by atoms with Gasteiger partial charge in [-0.2, -0.15) is 0 Å². The van der Waals surface area contributed by atoms with Crippen LogP contribution in [0.5, 0.6) is 0 Å². The molecule has 4 rings (SSSR count). The molecule has 1 fully saturated rings. The smallest absolute Gasteiger partial charge is 0.227 e. The number of carbonyl (C=O) groups excluding carboxylic acids is 3. The lowest BCUT2D eigenvalue weighted by atomic mass is 10.1. The van der Waals surface area contributed by atoms with Gasteiger partial charge in [0.1, 0.15) is 0 Å². The maximum atomic E-state index is 12.4. The monoisotopic (exact) mass is 452 g/mol.